The topological polar surface area (TPSA) is 84.0 Å². The number of ether oxygens (including phenoxy) is 2. The predicted molar refractivity (Wildman–Crippen MR) is 132 cm³/mol. The Morgan fingerprint density at radius 1 is 1.13 bits per heavy atom. The SMILES string of the molecule is CN=C(NCCNC(=O)C(C)(C)C)NCc1cccc(OC)c1OC1CCCC1.I. The Bertz CT molecular complexity index is 698. The van der Waals surface area contributed by atoms with E-state index in [1.807, 2.05) is 39.0 Å². The highest BCUT2D eigenvalue weighted by Gasteiger charge is 2.21. The van der Waals surface area contributed by atoms with Crippen LogP contribution in [0.3, 0.4) is 0 Å². The largest absolute Gasteiger partial charge is 0.493 e. The van der Waals surface area contributed by atoms with Gasteiger partial charge in [0.2, 0.25) is 5.91 Å². The normalized spacial score (nSPS) is 14.6. The molecule has 1 aliphatic rings. The third-order valence-corrected chi connectivity index (χ3v) is 4.92. The van der Waals surface area contributed by atoms with Gasteiger partial charge in [0.25, 0.3) is 0 Å². The minimum absolute atomic E-state index is 0. The summed E-state index contributed by atoms with van der Waals surface area (Å²) < 4.78 is 11.8. The summed E-state index contributed by atoms with van der Waals surface area (Å²) in [5.74, 6) is 2.27. The lowest BCUT2D eigenvalue weighted by molar-refractivity contribution is -0.128. The minimum Gasteiger partial charge on any atom is -0.493 e. The number of nitrogens with one attached hydrogen (secondary N) is 3. The van der Waals surface area contributed by atoms with Crippen LogP contribution in [0.1, 0.15) is 52.0 Å². The maximum absolute atomic E-state index is 11.9. The molecule has 0 saturated heterocycles. The molecule has 0 radical (unpaired) electrons. The number of aliphatic imine (C=N–C) groups is 1. The van der Waals surface area contributed by atoms with Gasteiger partial charge in [0, 0.05) is 37.7 Å². The first-order chi connectivity index (χ1) is 13.8. The van der Waals surface area contributed by atoms with Gasteiger partial charge in [-0.1, -0.05) is 32.9 Å². The molecule has 0 spiro atoms. The van der Waals surface area contributed by atoms with Crippen molar-refractivity contribution in [3.63, 3.8) is 0 Å². The molecule has 1 saturated carbocycles. The fourth-order valence-electron chi connectivity index (χ4n) is 3.19. The molecular formula is C22H37IN4O3. The highest BCUT2D eigenvalue weighted by atomic mass is 127. The molecule has 0 unspecified atom stereocenters. The van der Waals surface area contributed by atoms with E-state index in [1.165, 1.54) is 12.8 Å². The molecule has 1 amide bonds. The summed E-state index contributed by atoms with van der Waals surface area (Å²) in [5, 5.41) is 9.45. The van der Waals surface area contributed by atoms with Crippen molar-refractivity contribution in [2.24, 2.45) is 10.4 Å². The van der Waals surface area contributed by atoms with Crippen LogP contribution in [0.5, 0.6) is 11.5 Å². The van der Waals surface area contributed by atoms with Gasteiger partial charge in [-0.15, -0.1) is 24.0 Å². The highest BCUT2D eigenvalue weighted by Crippen LogP contribution is 2.34. The Kier molecular flexibility index (Phi) is 11.3. The van der Waals surface area contributed by atoms with Crippen LogP contribution in [0.15, 0.2) is 23.2 Å². The van der Waals surface area contributed by atoms with E-state index in [9.17, 15) is 4.79 Å². The Morgan fingerprint density at radius 3 is 2.40 bits per heavy atom. The Morgan fingerprint density at radius 2 is 1.80 bits per heavy atom. The number of rotatable bonds is 8. The summed E-state index contributed by atoms with van der Waals surface area (Å²) in [5.41, 5.74) is 0.641. The van der Waals surface area contributed by atoms with Crippen LogP contribution in [-0.4, -0.2) is 45.2 Å². The van der Waals surface area contributed by atoms with Crippen molar-refractivity contribution in [2.75, 3.05) is 27.2 Å². The molecule has 2 rings (SSSR count). The van der Waals surface area contributed by atoms with Gasteiger partial charge < -0.3 is 25.4 Å². The number of carbonyl (C=O) groups is 1. The molecule has 0 bridgehead atoms. The van der Waals surface area contributed by atoms with Crippen LogP contribution in [0.25, 0.3) is 0 Å². The Balaban J connectivity index is 0.00000450. The fraction of sp³-hybridized carbons (Fsp3) is 0.636. The first kappa shape index (κ1) is 26.3. The number of amides is 1. The standard InChI is InChI=1S/C22H36N4O3.HI/c1-22(2,3)20(27)24-13-14-25-21(23-4)26-15-16-9-8-12-18(28-5)19(16)29-17-10-6-7-11-17;/h8-9,12,17H,6-7,10-11,13-15H2,1-5H3,(H,24,27)(H2,23,25,26);1H. The van der Waals surface area contributed by atoms with E-state index in [4.69, 9.17) is 9.47 Å². The molecule has 1 fully saturated rings. The van der Waals surface area contributed by atoms with Crippen molar-refractivity contribution in [1.29, 1.82) is 0 Å². The van der Waals surface area contributed by atoms with E-state index < -0.39 is 0 Å². The van der Waals surface area contributed by atoms with Gasteiger partial charge in [0.1, 0.15) is 0 Å². The minimum atomic E-state index is -0.387. The van der Waals surface area contributed by atoms with E-state index in [0.717, 1.165) is 29.9 Å². The van der Waals surface area contributed by atoms with Gasteiger partial charge in [0.05, 0.1) is 13.2 Å². The van der Waals surface area contributed by atoms with Gasteiger partial charge in [-0.05, 0) is 31.7 Å². The number of guanidine groups is 1. The van der Waals surface area contributed by atoms with Crippen molar-refractivity contribution in [2.45, 2.75) is 59.1 Å². The van der Waals surface area contributed by atoms with Crippen LogP contribution in [0.2, 0.25) is 0 Å². The van der Waals surface area contributed by atoms with Crippen molar-refractivity contribution in [3.8, 4) is 11.5 Å². The quantitative estimate of drug-likeness (QED) is 0.207. The van der Waals surface area contributed by atoms with Crippen LogP contribution in [0, 0.1) is 5.41 Å². The summed E-state index contributed by atoms with van der Waals surface area (Å²) in [7, 11) is 3.39. The monoisotopic (exact) mass is 532 g/mol. The molecule has 0 heterocycles. The summed E-state index contributed by atoms with van der Waals surface area (Å²) >= 11 is 0. The first-order valence-corrected chi connectivity index (χ1v) is 10.4. The second kappa shape index (κ2) is 12.9. The van der Waals surface area contributed by atoms with E-state index in [-0.39, 0.29) is 41.4 Å². The number of hydrogen-bond donors (Lipinski definition) is 3. The molecule has 1 aliphatic carbocycles. The number of carbonyl (C=O) groups excluding carboxylic acids is 1. The van der Waals surface area contributed by atoms with Crippen LogP contribution >= 0.6 is 24.0 Å². The summed E-state index contributed by atoms with van der Waals surface area (Å²) in [4.78, 5) is 16.2. The van der Waals surface area contributed by atoms with Crippen LogP contribution in [0.4, 0.5) is 0 Å². The number of benzene rings is 1. The average Bonchev–Trinajstić information content (AvgIpc) is 3.20. The molecule has 8 heteroatoms. The molecule has 1 aromatic carbocycles. The first-order valence-electron chi connectivity index (χ1n) is 10.4. The molecule has 7 nitrogen and oxygen atoms in total. The maximum Gasteiger partial charge on any atom is 0.225 e. The van der Waals surface area contributed by atoms with E-state index in [1.54, 1.807) is 14.2 Å². The molecule has 0 atom stereocenters. The number of halogens is 1. The number of methoxy groups -OCH3 is 1. The molecular weight excluding hydrogens is 495 g/mol. The molecule has 30 heavy (non-hydrogen) atoms. The lowest BCUT2D eigenvalue weighted by atomic mass is 9.96. The van der Waals surface area contributed by atoms with E-state index in [0.29, 0.717) is 25.6 Å². The zero-order valence-corrected chi connectivity index (χ0v) is 21.2. The van der Waals surface area contributed by atoms with Crippen molar-refractivity contribution in [3.05, 3.63) is 23.8 Å². The fourth-order valence-corrected chi connectivity index (χ4v) is 3.19. The summed E-state index contributed by atoms with van der Waals surface area (Å²) in [6.07, 6.45) is 4.88. The van der Waals surface area contributed by atoms with Crippen LogP contribution in [-0.2, 0) is 11.3 Å². The smallest absolute Gasteiger partial charge is 0.225 e. The third kappa shape index (κ3) is 8.20. The molecule has 3 N–H and O–H groups in total. The zero-order chi connectivity index (χ0) is 21.3. The molecule has 0 aliphatic heterocycles. The van der Waals surface area contributed by atoms with Gasteiger partial charge >= 0.3 is 0 Å². The van der Waals surface area contributed by atoms with Crippen molar-refractivity contribution in [1.82, 2.24) is 16.0 Å². The lowest BCUT2D eigenvalue weighted by Gasteiger charge is -2.20. The molecule has 1 aromatic rings. The van der Waals surface area contributed by atoms with Crippen molar-refractivity contribution < 1.29 is 14.3 Å². The summed E-state index contributed by atoms with van der Waals surface area (Å²) in [6, 6.07) is 5.94. The number of nitrogens with zero attached hydrogens (tertiary/aromatic N) is 1. The Labute approximate surface area is 197 Å². The average molecular weight is 532 g/mol. The summed E-state index contributed by atoms with van der Waals surface area (Å²) in [6.45, 7) is 7.38. The van der Waals surface area contributed by atoms with Crippen molar-refractivity contribution >= 4 is 35.8 Å². The van der Waals surface area contributed by atoms with Gasteiger partial charge in [0.15, 0.2) is 17.5 Å². The van der Waals surface area contributed by atoms with Gasteiger partial charge in [-0.25, -0.2) is 0 Å². The second-order valence-corrected chi connectivity index (χ2v) is 8.33. The lowest BCUT2D eigenvalue weighted by Crippen LogP contribution is -2.43. The second-order valence-electron chi connectivity index (χ2n) is 8.33. The van der Waals surface area contributed by atoms with Crippen LogP contribution < -0.4 is 25.4 Å². The molecule has 0 aromatic heterocycles. The predicted octanol–water partition coefficient (Wildman–Crippen LogP) is 3.46. The van der Waals surface area contributed by atoms with Gasteiger partial charge in [-0.2, -0.15) is 0 Å². The van der Waals surface area contributed by atoms with E-state index in [2.05, 4.69) is 20.9 Å². The Hall–Kier alpha value is -1.71. The number of para-hydroxylation sites is 1. The third-order valence-electron chi connectivity index (χ3n) is 4.92. The van der Waals surface area contributed by atoms with E-state index >= 15 is 0 Å². The highest BCUT2D eigenvalue weighted by molar-refractivity contribution is 14.0. The van der Waals surface area contributed by atoms with Gasteiger partial charge in [-0.3, -0.25) is 9.79 Å². The zero-order valence-electron chi connectivity index (χ0n) is 18.8. The molecule has 170 valence electrons. The maximum atomic E-state index is 11.9. The number of hydrogen-bond acceptors (Lipinski definition) is 4.